The van der Waals surface area contributed by atoms with E-state index in [2.05, 4.69) is 5.32 Å². The average Bonchev–Trinajstić information content (AvgIpc) is 2.78. The highest BCUT2D eigenvalue weighted by Crippen LogP contribution is 2.26. The summed E-state index contributed by atoms with van der Waals surface area (Å²) in [6.45, 7) is 4.28. The quantitative estimate of drug-likeness (QED) is 0.495. The van der Waals surface area contributed by atoms with E-state index in [1.54, 1.807) is 24.3 Å². The number of aryl methyl sites for hydroxylation is 1. The van der Waals surface area contributed by atoms with Crippen LogP contribution in [0.25, 0.3) is 0 Å². The van der Waals surface area contributed by atoms with E-state index in [-0.39, 0.29) is 11.4 Å². The van der Waals surface area contributed by atoms with Gasteiger partial charge in [0.15, 0.2) is 0 Å². The van der Waals surface area contributed by atoms with Crippen molar-refractivity contribution >= 4 is 33.2 Å². The summed E-state index contributed by atoms with van der Waals surface area (Å²) in [7, 11) is -4.01. The van der Waals surface area contributed by atoms with E-state index in [1.807, 2.05) is 38.1 Å². The molecule has 0 aromatic heterocycles. The summed E-state index contributed by atoms with van der Waals surface area (Å²) in [6, 6.07) is 20.2. The van der Waals surface area contributed by atoms with E-state index < -0.39 is 15.9 Å². The summed E-state index contributed by atoms with van der Waals surface area (Å²) >= 11 is 5.91. The Bertz CT molecular complexity index is 1150. The maximum Gasteiger partial charge on any atom is 0.264 e. The third kappa shape index (κ3) is 6.02. The highest BCUT2D eigenvalue weighted by Gasteiger charge is 2.27. The SMILES string of the molecule is CCOc1ccc(N(CC(=O)NCc2ccc(C)cc2)S(=O)(=O)c2ccc(Cl)cc2)cc1. The van der Waals surface area contributed by atoms with Crippen LogP contribution in [-0.4, -0.2) is 27.5 Å². The molecule has 0 spiro atoms. The maximum absolute atomic E-state index is 13.4. The molecular formula is C24H25ClN2O4S. The van der Waals surface area contributed by atoms with Gasteiger partial charge in [-0.1, -0.05) is 41.4 Å². The fourth-order valence-electron chi connectivity index (χ4n) is 3.02. The zero-order valence-corrected chi connectivity index (χ0v) is 19.5. The fourth-order valence-corrected chi connectivity index (χ4v) is 4.56. The number of ether oxygens (including phenoxy) is 1. The van der Waals surface area contributed by atoms with Gasteiger partial charge in [0.25, 0.3) is 10.0 Å². The zero-order chi connectivity index (χ0) is 23.1. The van der Waals surface area contributed by atoms with Gasteiger partial charge < -0.3 is 10.1 Å². The first-order valence-electron chi connectivity index (χ1n) is 10.1. The number of carbonyl (C=O) groups excluding carboxylic acids is 1. The number of amides is 1. The molecule has 8 heteroatoms. The van der Waals surface area contributed by atoms with Crippen LogP contribution in [0.5, 0.6) is 5.75 Å². The number of sulfonamides is 1. The Morgan fingerprint density at radius 3 is 2.19 bits per heavy atom. The van der Waals surface area contributed by atoms with Gasteiger partial charge in [0.2, 0.25) is 5.91 Å². The van der Waals surface area contributed by atoms with Crippen molar-refractivity contribution in [3.8, 4) is 5.75 Å². The second-order valence-electron chi connectivity index (χ2n) is 7.15. The summed E-state index contributed by atoms with van der Waals surface area (Å²) in [5.41, 5.74) is 2.40. The van der Waals surface area contributed by atoms with E-state index in [0.29, 0.717) is 29.6 Å². The number of hydrogen-bond donors (Lipinski definition) is 1. The topological polar surface area (TPSA) is 75.7 Å². The molecule has 0 aliphatic rings. The molecule has 0 heterocycles. The minimum atomic E-state index is -4.01. The monoisotopic (exact) mass is 472 g/mol. The van der Waals surface area contributed by atoms with E-state index in [1.165, 1.54) is 24.3 Å². The summed E-state index contributed by atoms with van der Waals surface area (Å²) in [6.07, 6.45) is 0. The van der Waals surface area contributed by atoms with Gasteiger partial charge in [-0.05, 0) is 67.9 Å². The van der Waals surface area contributed by atoms with Crippen LogP contribution >= 0.6 is 11.6 Å². The highest BCUT2D eigenvalue weighted by atomic mass is 35.5. The minimum Gasteiger partial charge on any atom is -0.494 e. The van der Waals surface area contributed by atoms with Crippen molar-refractivity contribution in [2.24, 2.45) is 0 Å². The van der Waals surface area contributed by atoms with Crippen LogP contribution < -0.4 is 14.4 Å². The van der Waals surface area contributed by atoms with Gasteiger partial charge in [-0.3, -0.25) is 9.10 Å². The van der Waals surface area contributed by atoms with E-state index in [9.17, 15) is 13.2 Å². The second-order valence-corrected chi connectivity index (χ2v) is 9.45. The van der Waals surface area contributed by atoms with Crippen LogP contribution in [0, 0.1) is 6.92 Å². The number of nitrogens with one attached hydrogen (secondary N) is 1. The first-order valence-corrected chi connectivity index (χ1v) is 11.9. The van der Waals surface area contributed by atoms with Gasteiger partial charge >= 0.3 is 0 Å². The first kappa shape index (κ1) is 23.6. The molecule has 0 fully saturated rings. The standard InChI is InChI=1S/C24H25ClN2O4S/c1-3-31-22-12-10-21(11-13-22)27(32(29,30)23-14-8-20(25)9-15-23)17-24(28)26-16-19-6-4-18(2)5-7-19/h4-15H,3,16-17H2,1-2H3,(H,26,28). The highest BCUT2D eigenvalue weighted by molar-refractivity contribution is 7.92. The number of benzene rings is 3. The maximum atomic E-state index is 13.4. The molecule has 3 aromatic carbocycles. The van der Waals surface area contributed by atoms with Gasteiger partial charge in [0.1, 0.15) is 12.3 Å². The van der Waals surface area contributed by atoms with Crippen molar-refractivity contribution < 1.29 is 17.9 Å². The van der Waals surface area contributed by atoms with Gasteiger partial charge in [0, 0.05) is 11.6 Å². The van der Waals surface area contributed by atoms with Crippen LogP contribution in [0.4, 0.5) is 5.69 Å². The molecule has 0 bridgehead atoms. The Morgan fingerprint density at radius 1 is 0.969 bits per heavy atom. The van der Waals surface area contributed by atoms with Crippen LogP contribution in [0.15, 0.2) is 77.7 Å². The van der Waals surface area contributed by atoms with Crippen molar-refractivity contribution in [2.75, 3.05) is 17.5 Å². The Labute approximate surface area is 193 Å². The van der Waals surface area contributed by atoms with E-state index >= 15 is 0 Å². The molecule has 0 radical (unpaired) electrons. The van der Waals surface area contributed by atoms with Gasteiger partial charge in [-0.15, -0.1) is 0 Å². The number of nitrogens with zero attached hydrogens (tertiary/aromatic N) is 1. The lowest BCUT2D eigenvalue weighted by molar-refractivity contribution is -0.119. The van der Waals surface area contributed by atoms with Crippen LogP contribution in [-0.2, 0) is 21.4 Å². The lowest BCUT2D eigenvalue weighted by atomic mass is 10.1. The van der Waals surface area contributed by atoms with Gasteiger partial charge in [0.05, 0.1) is 17.2 Å². The molecule has 0 aliphatic carbocycles. The molecular weight excluding hydrogens is 448 g/mol. The fraction of sp³-hybridized carbons (Fsp3) is 0.208. The molecule has 0 unspecified atom stereocenters. The molecule has 3 aromatic rings. The van der Waals surface area contributed by atoms with Gasteiger partial charge in [-0.25, -0.2) is 8.42 Å². The molecule has 6 nitrogen and oxygen atoms in total. The molecule has 0 atom stereocenters. The predicted octanol–water partition coefficient (Wildman–Crippen LogP) is 4.56. The molecule has 32 heavy (non-hydrogen) atoms. The number of rotatable bonds is 9. The molecule has 1 N–H and O–H groups in total. The van der Waals surface area contributed by atoms with Crippen molar-refractivity contribution in [2.45, 2.75) is 25.3 Å². The third-order valence-corrected chi connectivity index (χ3v) is 6.77. The normalized spacial score (nSPS) is 11.1. The second kappa shape index (κ2) is 10.5. The lowest BCUT2D eigenvalue weighted by Crippen LogP contribution is -2.40. The number of hydrogen-bond acceptors (Lipinski definition) is 4. The third-order valence-electron chi connectivity index (χ3n) is 4.73. The summed E-state index contributed by atoms with van der Waals surface area (Å²) in [5, 5.41) is 3.22. The Morgan fingerprint density at radius 2 is 1.59 bits per heavy atom. The predicted molar refractivity (Wildman–Crippen MR) is 127 cm³/mol. The number of anilines is 1. The summed E-state index contributed by atoms with van der Waals surface area (Å²) in [4.78, 5) is 12.7. The Balaban J connectivity index is 1.84. The van der Waals surface area contributed by atoms with Crippen LogP contribution in [0.1, 0.15) is 18.1 Å². The smallest absolute Gasteiger partial charge is 0.264 e. The van der Waals surface area contributed by atoms with Crippen LogP contribution in [0.3, 0.4) is 0 Å². The van der Waals surface area contributed by atoms with Crippen molar-refractivity contribution in [3.63, 3.8) is 0 Å². The number of carbonyl (C=O) groups is 1. The van der Waals surface area contributed by atoms with E-state index in [4.69, 9.17) is 16.3 Å². The molecule has 3 rings (SSSR count). The summed E-state index contributed by atoms with van der Waals surface area (Å²) in [5.74, 6) is 0.195. The van der Waals surface area contributed by atoms with E-state index in [0.717, 1.165) is 15.4 Å². The largest absolute Gasteiger partial charge is 0.494 e. The first-order chi connectivity index (χ1) is 15.3. The minimum absolute atomic E-state index is 0.0436. The average molecular weight is 473 g/mol. The molecule has 1 amide bonds. The molecule has 0 saturated carbocycles. The summed E-state index contributed by atoms with van der Waals surface area (Å²) < 4.78 is 33.3. The molecule has 168 valence electrons. The molecule has 0 aliphatic heterocycles. The zero-order valence-electron chi connectivity index (χ0n) is 17.9. The van der Waals surface area contributed by atoms with Crippen LogP contribution in [0.2, 0.25) is 5.02 Å². The lowest BCUT2D eigenvalue weighted by Gasteiger charge is -2.24. The molecule has 0 saturated heterocycles. The number of halogens is 1. The van der Waals surface area contributed by atoms with Crippen molar-refractivity contribution in [3.05, 3.63) is 88.9 Å². The Hall–Kier alpha value is -3.03. The Kier molecular flexibility index (Phi) is 7.77. The van der Waals surface area contributed by atoms with Gasteiger partial charge in [-0.2, -0.15) is 0 Å². The van der Waals surface area contributed by atoms with Crippen molar-refractivity contribution in [1.29, 1.82) is 0 Å². The van der Waals surface area contributed by atoms with Crippen molar-refractivity contribution in [1.82, 2.24) is 5.32 Å².